The lowest BCUT2D eigenvalue weighted by molar-refractivity contribution is 0.212. The van der Waals surface area contributed by atoms with E-state index >= 15 is 0 Å². The van der Waals surface area contributed by atoms with Crippen LogP contribution in [0.1, 0.15) is 19.8 Å². The van der Waals surface area contributed by atoms with E-state index in [9.17, 15) is 0 Å². The second-order valence-corrected chi connectivity index (χ2v) is 3.94. The van der Waals surface area contributed by atoms with Crippen molar-refractivity contribution in [1.29, 1.82) is 0 Å². The van der Waals surface area contributed by atoms with Crippen molar-refractivity contribution in [3.05, 3.63) is 12.3 Å². The summed E-state index contributed by atoms with van der Waals surface area (Å²) >= 11 is 0. The molecule has 0 bridgehead atoms. The van der Waals surface area contributed by atoms with Gasteiger partial charge in [-0.3, -0.25) is 0 Å². The predicted octanol–water partition coefficient (Wildman–Crippen LogP) is 0.942. The molecule has 1 heterocycles. The average molecular weight is 152 g/mol. The molecule has 1 saturated carbocycles. The van der Waals surface area contributed by atoms with Gasteiger partial charge < -0.3 is 10.6 Å². The minimum Gasteiger partial charge on any atom is -0.373 e. The van der Waals surface area contributed by atoms with Gasteiger partial charge in [-0.1, -0.05) is 13.0 Å². The zero-order valence-electron chi connectivity index (χ0n) is 7.25. The lowest BCUT2D eigenvalue weighted by Gasteiger charge is -2.38. The van der Waals surface area contributed by atoms with Crippen molar-refractivity contribution in [2.45, 2.75) is 31.3 Å². The first kappa shape index (κ1) is 7.17. The second-order valence-electron chi connectivity index (χ2n) is 3.94. The van der Waals surface area contributed by atoms with Gasteiger partial charge in [-0.2, -0.15) is 0 Å². The molecule has 2 aliphatic rings. The molecule has 2 heteroatoms. The van der Waals surface area contributed by atoms with Crippen LogP contribution in [0.5, 0.6) is 0 Å². The van der Waals surface area contributed by atoms with Gasteiger partial charge in [-0.05, 0) is 25.0 Å². The van der Waals surface area contributed by atoms with Gasteiger partial charge >= 0.3 is 0 Å². The van der Waals surface area contributed by atoms with Crippen molar-refractivity contribution in [2.75, 3.05) is 7.05 Å². The van der Waals surface area contributed by atoms with E-state index < -0.39 is 0 Å². The Morgan fingerprint density at radius 2 is 2.18 bits per heavy atom. The van der Waals surface area contributed by atoms with E-state index in [0.29, 0.717) is 17.5 Å². The molecule has 1 unspecified atom stereocenters. The normalized spacial score (nSPS) is 39.7. The predicted molar refractivity (Wildman–Crippen MR) is 46.0 cm³/mol. The Bertz CT molecular complexity index is 194. The summed E-state index contributed by atoms with van der Waals surface area (Å²) in [5.41, 5.74) is 6.46. The second kappa shape index (κ2) is 2.01. The molecule has 62 valence electrons. The van der Waals surface area contributed by atoms with Crippen LogP contribution in [-0.2, 0) is 0 Å². The maximum atomic E-state index is 6.12. The fraction of sp³-hybridized carbons (Fsp3) is 0.778. The zero-order valence-corrected chi connectivity index (χ0v) is 7.25. The summed E-state index contributed by atoms with van der Waals surface area (Å²) in [6.45, 7) is 2.20. The summed E-state index contributed by atoms with van der Waals surface area (Å²) in [5, 5.41) is 0. The Labute approximate surface area is 68.1 Å². The van der Waals surface area contributed by atoms with Gasteiger partial charge in [0.05, 0.1) is 5.54 Å². The maximum absolute atomic E-state index is 6.12. The lowest BCUT2D eigenvalue weighted by Crippen LogP contribution is -2.51. The molecular formula is C9H16N2. The molecule has 0 radical (unpaired) electrons. The fourth-order valence-corrected chi connectivity index (χ4v) is 2.07. The lowest BCUT2D eigenvalue weighted by atomic mass is 9.90. The molecule has 1 spiro atoms. The van der Waals surface area contributed by atoms with Gasteiger partial charge in [0.1, 0.15) is 0 Å². The van der Waals surface area contributed by atoms with Crippen LogP contribution in [0.2, 0.25) is 0 Å². The van der Waals surface area contributed by atoms with Crippen molar-refractivity contribution >= 4 is 0 Å². The molecule has 0 aromatic carbocycles. The van der Waals surface area contributed by atoms with Crippen LogP contribution in [0.3, 0.4) is 0 Å². The highest BCUT2D eigenvalue weighted by molar-refractivity contribution is 5.19. The number of likely N-dealkylation sites (N-methyl/N-ethyl adjacent to an activating group) is 1. The Morgan fingerprint density at radius 3 is 2.64 bits per heavy atom. The summed E-state index contributed by atoms with van der Waals surface area (Å²) in [6, 6.07) is 0.345. The first-order valence-electron chi connectivity index (χ1n) is 4.34. The standard InChI is InChI=1S/C9H16N2/c1-7-3-6-11(2)9(4-5-9)8(7)10/h3,6-8H,4-5,10H2,1-2H3/t7?,8-/m0/s1. The summed E-state index contributed by atoms with van der Waals surface area (Å²) in [5.74, 6) is 0.550. The molecule has 1 aliphatic carbocycles. The van der Waals surface area contributed by atoms with E-state index in [-0.39, 0.29) is 0 Å². The fourth-order valence-electron chi connectivity index (χ4n) is 2.07. The minimum absolute atomic E-state index is 0.341. The van der Waals surface area contributed by atoms with Crippen molar-refractivity contribution < 1.29 is 0 Å². The summed E-state index contributed by atoms with van der Waals surface area (Å²) in [6.07, 6.45) is 6.94. The third-order valence-electron chi connectivity index (χ3n) is 3.26. The molecule has 0 aromatic heterocycles. The van der Waals surface area contributed by atoms with E-state index in [1.807, 2.05) is 0 Å². The van der Waals surface area contributed by atoms with Gasteiger partial charge in [-0.15, -0.1) is 0 Å². The number of hydrogen-bond acceptors (Lipinski definition) is 2. The summed E-state index contributed by atoms with van der Waals surface area (Å²) in [4.78, 5) is 2.29. The van der Waals surface area contributed by atoms with E-state index in [2.05, 4.69) is 31.1 Å². The SMILES string of the molecule is CC1C=CN(C)C2(CC2)[C@H]1N. The highest BCUT2D eigenvalue weighted by atomic mass is 15.2. The van der Waals surface area contributed by atoms with Crippen LogP contribution >= 0.6 is 0 Å². The highest BCUT2D eigenvalue weighted by Gasteiger charge is 2.53. The van der Waals surface area contributed by atoms with Gasteiger partial charge in [0.2, 0.25) is 0 Å². The largest absolute Gasteiger partial charge is 0.373 e. The van der Waals surface area contributed by atoms with Crippen molar-refractivity contribution in [3.8, 4) is 0 Å². The highest BCUT2D eigenvalue weighted by Crippen LogP contribution is 2.47. The van der Waals surface area contributed by atoms with Crippen molar-refractivity contribution in [3.63, 3.8) is 0 Å². The number of nitrogens with two attached hydrogens (primary N) is 1. The Hall–Kier alpha value is -0.500. The molecule has 0 amide bonds. The zero-order chi connectivity index (χ0) is 8.06. The number of nitrogens with zero attached hydrogens (tertiary/aromatic N) is 1. The average Bonchev–Trinajstić information content (AvgIpc) is 2.76. The quantitative estimate of drug-likeness (QED) is 0.560. The molecule has 11 heavy (non-hydrogen) atoms. The molecule has 1 fully saturated rings. The van der Waals surface area contributed by atoms with Crippen molar-refractivity contribution in [2.24, 2.45) is 11.7 Å². The third-order valence-corrected chi connectivity index (χ3v) is 3.26. The van der Waals surface area contributed by atoms with Crippen molar-refractivity contribution in [1.82, 2.24) is 4.90 Å². The number of rotatable bonds is 0. The Balaban J connectivity index is 2.26. The summed E-state index contributed by atoms with van der Waals surface area (Å²) < 4.78 is 0. The molecule has 0 aromatic rings. The van der Waals surface area contributed by atoms with E-state index in [4.69, 9.17) is 5.73 Å². The van der Waals surface area contributed by atoms with Crippen LogP contribution in [0.25, 0.3) is 0 Å². The third kappa shape index (κ3) is 0.822. The molecular weight excluding hydrogens is 136 g/mol. The number of hydrogen-bond donors (Lipinski definition) is 1. The van der Waals surface area contributed by atoms with Gasteiger partial charge in [0.25, 0.3) is 0 Å². The van der Waals surface area contributed by atoms with Crippen LogP contribution in [0.15, 0.2) is 12.3 Å². The topological polar surface area (TPSA) is 29.3 Å². The Kier molecular flexibility index (Phi) is 1.31. The molecule has 2 N–H and O–H groups in total. The molecule has 1 aliphatic heterocycles. The minimum atomic E-state index is 0.341. The molecule has 2 nitrogen and oxygen atoms in total. The molecule has 2 atom stereocenters. The Morgan fingerprint density at radius 1 is 1.55 bits per heavy atom. The van der Waals surface area contributed by atoms with Gasteiger partial charge in [-0.25, -0.2) is 0 Å². The molecule has 2 rings (SSSR count). The van der Waals surface area contributed by atoms with Gasteiger partial charge in [0.15, 0.2) is 0 Å². The smallest absolute Gasteiger partial charge is 0.0551 e. The monoisotopic (exact) mass is 152 g/mol. The first-order valence-corrected chi connectivity index (χ1v) is 4.34. The van der Waals surface area contributed by atoms with Crippen LogP contribution in [0, 0.1) is 5.92 Å². The maximum Gasteiger partial charge on any atom is 0.0551 e. The van der Waals surface area contributed by atoms with E-state index in [1.54, 1.807) is 0 Å². The van der Waals surface area contributed by atoms with Crippen LogP contribution in [0.4, 0.5) is 0 Å². The van der Waals surface area contributed by atoms with E-state index in [0.717, 1.165) is 0 Å². The van der Waals surface area contributed by atoms with Gasteiger partial charge in [0, 0.05) is 13.1 Å². The van der Waals surface area contributed by atoms with E-state index in [1.165, 1.54) is 12.8 Å². The first-order chi connectivity index (χ1) is 5.17. The van der Waals surface area contributed by atoms with Crippen LogP contribution in [-0.4, -0.2) is 23.5 Å². The molecule has 0 saturated heterocycles. The van der Waals surface area contributed by atoms with Crippen LogP contribution < -0.4 is 5.73 Å². The summed E-state index contributed by atoms with van der Waals surface area (Å²) in [7, 11) is 2.13.